The molecule has 2 rings (SSSR count). The van der Waals surface area contributed by atoms with Gasteiger partial charge in [0.25, 0.3) is 0 Å². The fourth-order valence-corrected chi connectivity index (χ4v) is 2.56. The second-order valence-corrected chi connectivity index (χ2v) is 6.05. The number of nitrogens with two attached hydrogens (primary N) is 1. The average Bonchev–Trinajstić information content (AvgIpc) is 2.46. The van der Waals surface area contributed by atoms with Gasteiger partial charge in [0.2, 0.25) is 0 Å². The lowest BCUT2D eigenvalue weighted by Gasteiger charge is -2.11. The molecule has 21 heavy (non-hydrogen) atoms. The summed E-state index contributed by atoms with van der Waals surface area (Å²) >= 11 is 14.5. The van der Waals surface area contributed by atoms with Crippen LogP contribution < -0.4 is 15.2 Å². The van der Waals surface area contributed by atoms with Crippen molar-refractivity contribution in [1.29, 1.82) is 0 Å². The van der Waals surface area contributed by atoms with Crippen LogP contribution in [0.1, 0.15) is 11.1 Å². The van der Waals surface area contributed by atoms with Gasteiger partial charge in [-0.05, 0) is 24.3 Å². The van der Waals surface area contributed by atoms with Crippen molar-refractivity contribution in [2.75, 3.05) is 7.11 Å². The number of ether oxygens (including phenoxy) is 2. The van der Waals surface area contributed by atoms with Gasteiger partial charge in [0.05, 0.1) is 7.11 Å². The van der Waals surface area contributed by atoms with E-state index in [1.807, 2.05) is 18.2 Å². The first kappa shape index (κ1) is 16.1. The molecule has 0 saturated carbocycles. The highest BCUT2D eigenvalue weighted by Crippen LogP contribution is 2.26. The van der Waals surface area contributed by atoms with E-state index in [4.69, 9.17) is 39.0 Å². The lowest BCUT2D eigenvalue weighted by molar-refractivity contribution is 0.303. The van der Waals surface area contributed by atoms with Crippen molar-refractivity contribution in [3.63, 3.8) is 0 Å². The molecule has 2 N–H and O–H groups in total. The number of hydrogen-bond donors (Lipinski definition) is 1. The van der Waals surface area contributed by atoms with E-state index in [-0.39, 0.29) is 0 Å². The van der Waals surface area contributed by atoms with Gasteiger partial charge in [-0.3, -0.25) is 0 Å². The zero-order valence-corrected chi connectivity index (χ0v) is 14.4. The van der Waals surface area contributed by atoms with Gasteiger partial charge < -0.3 is 15.2 Å². The summed E-state index contributed by atoms with van der Waals surface area (Å²) in [5.74, 6) is 1.26. The fourth-order valence-electron chi connectivity index (χ4n) is 1.72. The van der Waals surface area contributed by atoms with Crippen molar-refractivity contribution in [3.05, 3.63) is 57.0 Å². The maximum absolute atomic E-state index is 6.16. The van der Waals surface area contributed by atoms with Crippen LogP contribution >= 0.6 is 39.7 Å². The lowest BCUT2D eigenvalue weighted by atomic mass is 10.2. The molecule has 0 heterocycles. The Balaban J connectivity index is 2.19. The number of benzene rings is 2. The highest BCUT2D eigenvalue weighted by molar-refractivity contribution is 9.10. The molecule has 110 valence electrons. The Kier molecular flexibility index (Phi) is 5.45. The average molecular weight is 387 g/mol. The monoisotopic (exact) mass is 385 g/mol. The second kappa shape index (κ2) is 7.11. The number of rotatable bonds is 5. The van der Waals surface area contributed by atoms with Crippen LogP contribution in [-0.4, -0.2) is 12.1 Å². The van der Waals surface area contributed by atoms with Crippen LogP contribution in [0.25, 0.3) is 0 Å². The maximum Gasteiger partial charge on any atom is 0.124 e. The van der Waals surface area contributed by atoms with Crippen molar-refractivity contribution >= 4 is 44.7 Å². The molecule has 0 amide bonds. The predicted molar refractivity (Wildman–Crippen MR) is 92.4 cm³/mol. The summed E-state index contributed by atoms with van der Waals surface area (Å²) in [6.45, 7) is 0.343. The summed E-state index contributed by atoms with van der Waals surface area (Å²) in [5, 5.41) is 0.641. The van der Waals surface area contributed by atoms with E-state index in [0.717, 1.165) is 10.0 Å². The Morgan fingerprint density at radius 1 is 1.24 bits per heavy atom. The van der Waals surface area contributed by atoms with Gasteiger partial charge in [-0.2, -0.15) is 0 Å². The molecule has 0 aliphatic carbocycles. The Labute approximate surface area is 142 Å². The van der Waals surface area contributed by atoms with Crippen LogP contribution in [0, 0.1) is 0 Å². The molecule has 0 radical (unpaired) electrons. The first-order valence-corrected chi connectivity index (χ1v) is 7.63. The summed E-state index contributed by atoms with van der Waals surface area (Å²) in [6, 6.07) is 11.0. The van der Waals surface area contributed by atoms with Gasteiger partial charge in [0.1, 0.15) is 23.1 Å². The van der Waals surface area contributed by atoms with Crippen molar-refractivity contribution in [1.82, 2.24) is 0 Å². The third kappa shape index (κ3) is 4.33. The fraction of sp³-hybridized carbons (Fsp3) is 0.133. The molecule has 3 nitrogen and oxygen atoms in total. The van der Waals surface area contributed by atoms with Crippen molar-refractivity contribution in [2.45, 2.75) is 6.61 Å². The van der Waals surface area contributed by atoms with E-state index in [1.54, 1.807) is 25.3 Å². The molecule has 0 bridgehead atoms. The maximum atomic E-state index is 6.16. The van der Waals surface area contributed by atoms with Crippen LogP contribution in [0.2, 0.25) is 5.02 Å². The molecular formula is C15H13BrClNO2S. The van der Waals surface area contributed by atoms with Crippen molar-refractivity contribution in [2.24, 2.45) is 5.73 Å². The quantitative estimate of drug-likeness (QED) is 0.777. The highest BCUT2D eigenvalue weighted by Gasteiger charge is 2.07. The highest BCUT2D eigenvalue weighted by atomic mass is 79.9. The third-order valence-corrected chi connectivity index (χ3v) is 3.89. The third-order valence-electron chi connectivity index (χ3n) is 2.81. The summed E-state index contributed by atoms with van der Waals surface area (Å²) in [5.41, 5.74) is 7.23. The Morgan fingerprint density at radius 3 is 2.57 bits per heavy atom. The molecule has 6 heteroatoms. The minimum atomic E-state index is 0.292. The van der Waals surface area contributed by atoms with Gasteiger partial charge in [-0.15, -0.1) is 0 Å². The molecule has 0 aliphatic rings. The molecule has 0 aromatic heterocycles. The largest absolute Gasteiger partial charge is 0.497 e. The molecule has 0 spiro atoms. The lowest BCUT2D eigenvalue weighted by Crippen LogP contribution is -2.09. The van der Waals surface area contributed by atoms with Crippen LogP contribution in [0.15, 0.2) is 40.9 Å². The number of halogens is 2. The standard InChI is InChI=1S/C15H13BrClNO2S/c1-19-12-4-10(15(18)21)5-13(7-12)20-8-9-2-3-11(16)6-14(9)17/h2-7H,8H2,1H3,(H2,18,21). The molecule has 0 unspecified atom stereocenters. The van der Waals surface area contributed by atoms with Gasteiger partial charge in [-0.1, -0.05) is 45.8 Å². The summed E-state index contributed by atoms with van der Waals surface area (Å²) < 4.78 is 11.9. The summed E-state index contributed by atoms with van der Waals surface area (Å²) in [4.78, 5) is 0.292. The molecule has 2 aromatic rings. The van der Waals surface area contributed by atoms with Crippen LogP contribution in [0.3, 0.4) is 0 Å². The number of hydrogen-bond acceptors (Lipinski definition) is 3. The zero-order chi connectivity index (χ0) is 15.4. The van der Waals surface area contributed by atoms with Gasteiger partial charge in [-0.25, -0.2) is 0 Å². The van der Waals surface area contributed by atoms with E-state index < -0.39 is 0 Å². The van der Waals surface area contributed by atoms with Crippen molar-refractivity contribution in [3.8, 4) is 11.5 Å². The first-order chi connectivity index (χ1) is 9.99. The Bertz CT molecular complexity index is 679. The van der Waals surface area contributed by atoms with Crippen LogP contribution in [0.5, 0.6) is 11.5 Å². The molecule has 2 aromatic carbocycles. The topological polar surface area (TPSA) is 44.5 Å². The minimum absolute atomic E-state index is 0.292. The van der Waals surface area contributed by atoms with E-state index in [0.29, 0.717) is 33.7 Å². The molecule has 0 fully saturated rings. The van der Waals surface area contributed by atoms with Gasteiger partial charge >= 0.3 is 0 Å². The zero-order valence-electron chi connectivity index (χ0n) is 11.2. The Hall–Kier alpha value is -1.30. The second-order valence-electron chi connectivity index (χ2n) is 4.29. The SMILES string of the molecule is COc1cc(OCc2ccc(Br)cc2Cl)cc(C(N)=S)c1. The molecule has 0 atom stereocenters. The van der Waals surface area contributed by atoms with E-state index >= 15 is 0 Å². The van der Waals surface area contributed by atoms with E-state index in [1.165, 1.54) is 0 Å². The van der Waals surface area contributed by atoms with Gasteiger partial charge in [0, 0.05) is 26.7 Å². The normalized spacial score (nSPS) is 10.2. The summed E-state index contributed by atoms with van der Waals surface area (Å²) in [6.07, 6.45) is 0. The molecule has 0 aliphatic heterocycles. The van der Waals surface area contributed by atoms with Crippen molar-refractivity contribution < 1.29 is 9.47 Å². The van der Waals surface area contributed by atoms with Crippen LogP contribution in [-0.2, 0) is 6.61 Å². The molecular weight excluding hydrogens is 374 g/mol. The molecule has 0 saturated heterocycles. The summed E-state index contributed by atoms with van der Waals surface area (Å²) in [7, 11) is 1.58. The first-order valence-electron chi connectivity index (χ1n) is 6.05. The predicted octanol–water partition coefficient (Wildman–Crippen LogP) is 4.32. The Morgan fingerprint density at radius 2 is 1.95 bits per heavy atom. The van der Waals surface area contributed by atoms with E-state index in [2.05, 4.69) is 15.9 Å². The van der Waals surface area contributed by atoms with Gasteiger partial charge in [0.15, 0.2) is 0 Å². The minimum Gasteiger partial charge on any atom is -0.497 e. The number of thiocarbonyl (C=S) groups is 1. The van der Waals surface area contributed by atoms with E-state index in [9.17, 15) is 0 Å². The smallest absolute Gasteiger partial charge is 0.124 e. The number of methoxy groups -OCH3 is 1. The van der Waals surface area contributed by atoms with Crippen LogP contribution in [0.4, 0.5) is 0 Å².